The lowest BCUT2D eigenvalue weighted by Gasteiger charge is -2.08. The molecule has 0 saturated heterocycles. The molecule has 2 heterocycles. The smallest absolute Gasteiger partial charge is 0.265 e. The fraction of sp³-hybridized carbons (Fsp3) is 0.0400. The zero-order valence-electron chi connectivity index (χ0n) is 17.8. The molecule has 5 rings (SSSR count). The average Bonchev–Trinajstić information content (AvgIpc) is 3.21. The van der Waals surface area contributed by atoms with Crippen molar-refractivity contribution in [2.45, 2.75) is 6.92 Å². The Kier molecular flexibility index (Phi) is 5.46. The summed E-state index contributed by atoms with van der Waals surface area (Å²) in [5.74, 6) is -2.28. The number of nitrogens with zero attached hydrogens (tertiary/aromatic N) is 3. The molecular weight excluding hydrogens is 458 g/mol. The van der Waals surface area contributed by atoms with Crippen LogP contribution in [0.2, 0.25) is 0 Å². The molecule has 34 heavy (non-hydrogen) atoms. The molecule has 2 aromatic heterocycles. The molecule has 0 saturated carbocycles. The van der Waals surface area contributed by atoms with Crippen LogP contribution < -0.4 is 10.9 Å². The molecule has 0 spiro atoms. The lowest BCUT2D eigenvalue weighted by molar-refractivity contribution is 0.102. The SMILES string of the molecule is Cc1sc(NC(=O)c2ccc(-n3cnc4ccccc4c3=O)cc2)nc1-c1ccc(F)c(F)c1. The number of fused-ring (bicyclic) bond motifs is 1. The second-order valence-electron chi connectivity index (χ2n) is 7.49. The second-order valence-corrected chi connectivity index (χ2v) is 8.69. The van der Waals surface area contributed by atoms with Gasteiger partial charge in [0.25, 0.3) is 11.5 Å². The van der Waals surface area contributed by atoms with E-state index in [0.29, 0.717) is 38.5 Å². The number of amides is 1. The van der Waals surface area contributed by atoms with Crippen molar-refractivity contribution >= 4 is 33.3 Å². The Bertz CT molecular complexity index is 1610. The summed E-state index contributed by atoms with van der Waals surface area (Å²) in [6, 6.07) is 17.2. The number of rotatable bonds is 4. The number of hydrogen-bond donors (Lipinski definition) is 1. The molecule has 1 amide bonds. The highest BCUT2D eigenvalue weighted by atomic mass is 32.1. The number of carbonyl (C=O) groups excluding carboxylic acids is 1. The Morgan fingerprint density at radius 1 is 1.00 bits per heavy atom. The lowest BCUT2D eigenvalue weighted by Crippen LogP contribution is -2.19. The molecule has 168 valence electrons. The molecule has 0 aliphatic heterocycles. The van der Waals surface area contributed by atoms with Gasteiger partial charge in [-0.15, -0.1) is 11.3 Å². The van der Waals surface area contributed by atoms with Crippen LogP contribution >= 0.6 is 11.3 Å². The van der Waals surface area contributed by atoms with E-state index in [1.54, 1.807) is 49.4 Å². The van der Waals surface area contributed by atoms with Gasteiger partial charge in [-0.1, -0.05) is 12.1 Å². The zero-order chi connectivity index (χ0) is 23.8. The van der Waals surface area contributed by atoms with Gasteiger partial charge < -0.3 is 0 Å². The quantitative estimate of drug-likeness (QED) is 0.381. The van der Waals surface area contributed by atoms with Crippen LogP contribution in [0.4, 0.5) is 13.9 Å². The van der Waals surface area contributed by atoms with Crippen LogP contribution in [0.5, 0.6) is 0 Å². The molecule has 6 nitrogen and oxygen atoms in total. The van der Waals surface area contributed by atoms with E-state index in [-0.39, 0.29) is 11.5 Å². The molecule has 0 fully saturated rings. The van der Waals surface area contributed by atoms with Crippen molar-refractivity contribution < 1.29 is 13.6 Å². The minimum absolute atomic E-state index is 0.203. The number of aryl methyl sites for hydroxylation is 1. The van der Waals surface area contributed by atoms with Crippen LogP contribution in [0.15, 0.2) is 77.9 Å². The van der Waals surface area contributed by atoms with E-state index in [2.05, 4.69) is 15.3 Å². The number of nitrogens with one attached hydrogen (secondary N) is 1. The standard InChI is InChI=1S/C25H16F2N4O2S/c1-14-22(16-8-11-19(26)20(27)12-16)29-25(34-14)30-23(32)15-6-9-17(10-7-15)31-13-28-21-5-3-2-4-18(21)24(31)33/h2-13H,1H3,(H,29,30,32). The lowest BCUT2D eigenvalue weighted by atomic mass is 10.1. The summed E-state index contributed by atoms with van der Waals surface area (Å²) in [7, 11) is 0. The van der Waals surface area contributed by atoms with Gasteiger partial charge in [-0.2, -0.15) is 0 Å². The predicted octanol–water partition coefficient (Wildman–Crippen LogP) is 5.35. The van der Waals surface area contributed by atoms with E-state index in [9.17, 15) is 18.4 Å². The molecule has 5 aromatic rings. The van der Waals surface area contributed by atoms with Gasteiger partial charge in [-0.05, 0) is 61.5 Å². The number of carbonyl (C=O) groups is 1. The first-order chi connectivity index (χ1) is 16.4. The van der Waals surface area contributed by atoms with Crippen molar-refractivity contribution in [3.8, 4) is 16.9 Å². The van der Waals surface area contributed by atoms with Crippen molar-refractivity contribution in [1.82, 2.24) is 14.5 Å². The van der Waals surface area contributed by atoms with Crippen molar-refractivity contribution in [3.63, 3.8) is 0 Å². The first-order valence-electron chi connectivity index (χ1n) is 10.2. The largest absolute Gasteiger partial charge is 0.298 e. The Morgan fingerprint density at radius 2 is 1.76 bits per heavy atom. The van der Waals surface area contributed by atoms with Crippen molar-refractivity contribution in [3.05, 3.63) is 105 Å². The van der Waals surface area contributed by atoms with Crippen molar-refractivity contribution in [2.75, 3.05) is 5.32 Å². The van der Waals surface area contributed by atoms with Crippen LogP contribution in [-0.4, -0.2) is 20.4 Å². The van der Waals surface area contributed by atoms with Crippen LogP contribution in [-0.2, 0) is 0 Å². The zero-order valence-corrected chi connectivity index (χ0v) is 18.6. The summed E-state index contributed by atoms with van der Waals surface area (Å²) in [4.78, 5) is 34.9. The van der Waals surface area contributed by atoms with E-state index in [1.807, 2.05) is 6.07 Å². The average molecular weight is 474 g/mol. The maximum absolute atomic E-state index is 13.6. The van der Waals surface area contributed by atoms with Gasteiger partial charge in [0.05, 0.1) is 22.3 Å². The third kappa shape index (κ3) is 3.97. The van der Waals surface area contributed by atoms with Gasteiger partial charge in [0.2, 0.25) is 0 Å². The Hall–Kier alpha value is -4.24. The number of aromatic nitrogens is 3. The van der Waals surface area contributed by atoms with Crippen LogP contribution in [0.3, 0.4) is 0 Å². The summed E-state index contributed by atoms with van der Waals surface area (Å²) in [6.07, 6.45) is 1.46. The summed E-state index contributed by atoms with van der Waals surface area (Å²) in [6.45, 7) is 1.79. The molecule has 0 aliphatic carbocycles. The molecule has 0 unspecified atom stereocenters. The first-order valence-corrected chi connectivity index (χ1v) is 11.0. The van der Waals surface area contributed by atoms with E-state index in [0.717, 1.165) is 17.0 Å². The number of thiazole rings is 1. The van der Waals surface area contributed by atoms with Crippen LogP contribution in [0.25, 0.3) is 27.8 Å². The van der Waals surface area contributed by atoms with E-state index >= 15 is 0 Å². The molecule has 9 heteroatoms. The van der Waals surface area contributed by atoms with Gasteiger partial charge in [-0.25, -0.2) is 18.7 Å². The van der Waals surface area contributed by atoms with Crippen LogP contribution in [0, 0.1) is 18.6 Å². The predicted molar refractivity (Wildman–Crippen MR) is 127 cm³/mol. The van der Waals surface area contributed by atoms with Gasteiger partial charge in [0.15, 0.2) is 16.8 Å². The fourth-order valence-corrected chi connectivity index (χ4v) is 4.39. The minimum Gasteiger partial charge on any atom is -0.298 e. The molecule has 0 aliphatic rings. The van der Waals surface area contributed by atoms with Crippen molar-refractivity contribution in [1.29, 1.82) is 0 Å². The highest BCUT2D eigenvalue weighted by Gasteiger charge is 2.15. The van der Waals surface area contributed by atoms with Gasteiger partial charge in [0, 0.05) is 16.0 Å². The highest BCUT2D eigenvalue weighted by Crippen LogP contribution is 2.31. The van der Waals surface area contributed by atoms with Gasteiger partial charge >= 0.3 is 0 Å². The maximum Gasteiger partial charge on any atom is 0.265 e. The Morgan fingerprint density at radius 3 is 2.53 bits per heavy atom. The maximum atomic E-state index is 13.6. The highest BCUT2D eigenvalue weighted by molar-refractivity contribution is 7.16. The number of hydrogen-bond acceptors (Lipinski definition) is 5. The third-order valence-corrected chi connectivity index (χ3v) is 6.17. The normalized spacial score (nSPS) is 11.0. The van der Waals surface area contributed by atoms with Gasteiger partial charge in [0.1, 0.15) is 6.33 Å². The molecular formula is C25H16F2N4O2S. The second kappa shape index (κ2) is 8.60. The molecule has 0 radical (unpaired) electrons. The molecule has 1 N–H and O–H groups in total. The molecule has 3 aromatic carbocycles. The monoisotopic (exact) mass is 474 g/mol. The third-order valence-electron chi connectivity index (χ3n) is 5.28. The summed E-state index contributed by atoms with van der Waals surface area (Å²) >= 11 is 1.23. The molecule has 0 atom stereocenters. The number of anilines is 1. The fourth-order valence-electron chi connectivity index (χ4n) is 3.56. The summed E-state index contributed by atoms with van der Waals surface area (Å²) < 4.78 is 28.3. The number of benzene rings is 3. The van der Waals surface area contributed by atoms with Crippen molar-refractivity contribution in [2.24, 2.45) is 0 Å². The van der Waals surface area contributed by atoms with Crippen LogP contribution in [0.1, 0.15) is 15.2 Å². The van der Waals surface area contributed by atoms with Gasteiger partial charge in [-0.3, -0.25) is 19.5 Å². The van der Waals surface area contributed by atoms with E-state index < -0.39 is 11.6 Å². The topological polar surface area (TPSA) is 76.9 Å². The Balaban J connectivity index is 1.37. The first kappa shape index (κ1) is 21.6. The van der Waals surface area contributed by atoms with E-state index in [4.69, 9.17) is 0 Å². The summed E-state index contributed by atoms with van der Waals surface area (Å²) in [5, 5.41) is 3.57. The minimum atomic E-state index is -0.962. The number of para-hydroxylation sites is 1. The molecule has 0 bridgehead atoms. The summed E-state index contributed by atoms with van der Waals surface area (Å²) in [5.41, 5.74) is 2.25. The van der Waals surface area contributed by atoms with E-state index in [1.165, 1.54) is 28.3 Å². The number of halogens is 2. The Labute approximate surface area is 196 Å².